The largest absolute Gasteiger partial charge is 0.369 e. The van der Waals surface area contributed by atoms with Crippen molar-refractivity contribution in [3.8, 4) is 5.69 Å². The fourth-order valence-corrected chi connectivity index (χ4v) is 2.22. The summed E-state index contributed by atoms with van der Waals surface area (Å²) in [5.41, 5.74) is 8.22. The molecule has 6 heteroatoms. The highest BCUT2D eigenvalue weighted by molar-refractivity contribution is 9.10. The lowest BCUT2D eigenvalue weighted by atomic mass is 10.3. The average Bonchev–Trinajstić information content (AvgIpc) is 2.65. The van der Waals surface area contributed by atoms with Crippen molar-refractivity contribution in [2.45, 2.75) is 0 Å². The highest BCUT2D eigenvalue weighted by Crippen LogP contribution is 2.24. The van der Waals surface area contributed by atoms with Gasteiger partial charge in [-0.25, -0.2) is 9.97 Å². The Balaban J connectivity index is 2.28. The first-order chi connectivity index (χ1) is 8.65. The van der Waals surface area contributed by atoms with Crippen LogP contribution in [0.4, 0.5) is 5.95 Å². The fraction of sp³-hybridized carbons (Fsp3) is 0. The molecule has 0 fully saturated rings. The molecule has 18 heavy (non-hydrogen) atoms. The first kappa shape index (κ1) is 11.5. The molecule has 0 radical (unpaired) electrons. The van der Waals surface area contributed by atoms with Gasteiger partial charge >= 0.3 is 0 Å². The maximum Gasteiger partial charge on any atom is 0.207 e. The minimum Gasteiger partial charge on any atom is -0.369 e. The summed E-state index contributed by atoms with van der Waals surface area (Å²) in [6.45, 7) is 0. The number of fused-ring (bicyclic) bond motifs is 1. The van der Waals surface area contributed by atoms with E-state index in [0.717, 1.165) is 10.2 Å². The quantitative estimate of drug-likeness (QED) is 0.746. The standard InChI is InChI=1S/C12H8BrClN4/c13-7-1-3-9(4-2-7)18-11-10(17-12(18)15)5-8(14)6-16-11/h1-6H,(H2,15,17). The lowest BCUT2D eigenvalue weighted by Crippen LogP contribution is -2.01. The van der Waals surface area contributed by atoms with Crippen molar-refractivity contribution in [3.05, 3.63) is 46.0 Å². The zero-order valence-corrected chi connectivity index (χ0v) is 11.5. The van der Waals surface area contributed by atoms with Crippen LogP contribution in [0, 0.1) is 0 Å². The number of anilines is 1. The van der Waals surface area contributed by atoms with Gasteiger partial charge in [-0.3, -0.25) is 4.57 Å². The van der Waals surface area contributed by atoms with Crippen LogP contribution in [0.3, 0.4) is 0 Å². The van der Waals surface area contributed by atoms with Crippen LogP contribution in [-0.4, -0.2) is 14.5 Å². The number of benzene rings is 1. The summed E-state index contributed by atoms with van der Waals surface area (Å²) in [5, 5.41) is 0.544. The second-order valence-corrected chi connectivity index (χ2v) is 5.13. The molecule has 4 nitrogen and oxygen atoms in total. The van der Waals surface area contributed by atoms with Gasteiger partial charge in [0.2, 0.25) is 5.95 Å². The Hall–Kier alpha value is -1.59. The maximum atomic E-state index is 5.93. The Kier molecular flexibility index (Phi) is 2.72. The minimum absolute atomic E-state index is 0.391. The second-order valence-electron chi connectivity index (χ2n) is 3.78. The molecular formula is C12H8BrClN4. The van der Waals surface area contributed by atoms with Gasteiger partial charge in [-0.2, -0.15) is 0 Å². The van der Waals surface area contributed by atoms with Gasteiger partial charge in [-0.15, -0.1) is 0 Å². The molecule has 0 saturated heterocycles. The highest BCUT2D eigenvalue weighted by Gasteiger charge is 2.11. The smallest absolute Gasteiger partial charge is 0.207 e. The molecule has 0 unspecified atom stereocenters. The number of hydrogen-bond donors (Lipinski definition) is 1. The molecule has 2 aromatic heterocycles. The number of rotatable bonds is 1. The van der Waals surface area contributed by atoms with E-state index in [0.29, 0.717) is 22.1 Å². The predicted octanol–water partition coefficient (Wildman–Crippen LogP) is 3.42. The number of nitrogens with two attached hydrogens (primary N) is 1. The van der Waals surface area contributed by atoms with Crippen LogP contribution in [0.1, 0.15) is 0 Å². The summed E-state index contributed by atoms with van der Waals surface area (Å²) in [6.07, 6.45) is 1.58. The molecular weight excluding hydrogens is 316 g/mol. The summed E-state index contributed by atoms with van der Waals surface area (Å²) in [7, 11) is 0. The number of imidazole rings is 1. The molecule has 0 amide bonds. The fourth-order valence-electron chi connectivity index (χ4n) is 1.80. The van der Waals surface area contributed by atoms with E-state index in [9.17, 15) is 0 Å². The Morgan fingerprint density at radius 3 is 2.67 bits per heavy atom. The van der Waals surface area contributed by atoms with Crippen molar-refractivity contribution in [2.75, 3.05) is 5.73 Å². The van der Waals surface area contributed by atoms with Crippen molar-refractivity contribution in [1.29, 1.82) is 0 Å². The van der Waals surface area contributed by atoms with Gasteiger partial charge in [-0.1, -0.05) is 27.5 Å². The van der Waals surface area contributed by atoms with Crippen molar-refractivity contribution in [2.24, 2.45) is 0 Å². The third-order valence-electron chi connectivity index (χ3n) is 2.57. The Labute approximate surface area is 117 Å². The molecule has 3 rings (SSSR count). The summed E-state index contributed by atoms with van der Waals surface area (Å²) in [4.78, 5) is 8.53. The van der Waals surface area contributed by atoms with Crippen molar-refractivity contribution in [1.82, 2.24) is 14.5 Å². The van der Waals surface area contributed by atoms with E-state index in [4.69, 9.17) is 17.3 Å². The molecule has 0 aliphatic rings. The van der Waals surface area contributed by atoms with E-state index in [1.54, 1.807) is 16.8 Å². The van der Waals surface area contributed by atoms with Crippen molar-refractivity contribution in [3.63, 3.8) is 0 Å². The number of halogens is 2. The molecule has 0 saturated carbocycles. The summed E-state index contributed by atoms with van der Waals surface area (Å²) >= 11 is 9.29. The van der Waals surface area contributed by atoms with Crippen LogP contribution < -0.4 is 5.73 Å². The third-order valence-corrected chi connectivity index (χ3v) is 3.31. The summed E-state index contributed by atoms with van der Waals surface area (Å²) in [6, 6.07) is 9.51. The van der Waals surface area contributed by atoms with Gasteiger partial charge in [-0.05, 0) is 30.3 Å². The van der Waals surface area contributed by atoms with Crippen molar-refractivity contribution < 1.29 is 0 Å². The van der Waals surface area contributed by atoms with Crippen LogP contribution >= 0.6 is 27.5 Å². The number of pyridine rings is 1. The number of nitrogen functional groups attached to an aromatic ring is 1. The molecule has 1 aromatic carbocycles. The van der Waals surface area contributed by atoms with Gasteiger partial charge < -0.3 is 5.73 Å². The summed E-state index contributed by atoms with van der Waals surface area (Å²) < 4.78 is 2.79. The topological polar surface area (TPSA) is 56.7 Å². The molecule has 90 valence electrons. The SMILES string of the molecule is Nc1nc2cc(Cl)cnc2n1-c1ccc(Br)cc1. The molecule has 0 aliphatic carbocycles. The molecule has 3 aromatic rings. The number of nitrogens with zero attached hydrogens (tertiary/aromatic N) is 3. The molecule has 0 atom stereocenters. The van der Waals surface area contributed by atoms with E-state index >= 15 is 0 Å². The lowest BCUT2D eigenvalue weighted by molar-refractivity contribution is 1.08. The van der Waals surface area contributed by atoms with Crippen LogP contribution in [0.2, 0.25) is 5.02 Å². The minimum atomic E-state index is 0.391. The maximum absolute atomic E-state index is 5.93. The Morgan fingerprint density at radius 1 is 1.22 bits per heavy atom. The first-order valence-electron chi connectivity index (χ1n) is 5.20. The van der Waals surface area contributed by atoms with Gasteiger partial charge in [0, 0.05) is 10.7 Å². The predicted molar refractivity (Wildman–Crippen MR) is 76.0 cm³/mol. The average molecular weight is 324 g/mol. The Morgan fingerprint density at radius 2 is 1.94 bits per heavy atom. The van der Waals surface area contributed by atoms with Gasteiger partial charge in [0.05, 0.1) is 10.7 Å². The molecule has 0 aliphatic heterocycles. The van der Waals surface area contributed by atoms with Crippen molar-refractivity contribution >= 4 is 44.6 Å². The van der Waals surface area contributed by atoms with E-state index in [1.807, 2.05) is 24.3 Å². The molecule has 2 N–H and O–H groups in total. The summed E-state index contributed by atoms with van der Waals surface area (Å²) in [5.74, 6) is 0.391. The Bertz CT molecular complexity index is 721. The lowest BCUT2D eigenvalue weighted by Gasteiger charge is -2.05. The monoisotopic (exact) mass is 322 g/mol. The van der Waals surface area contributed by atoms with E-state index in [1.165, 1.54) is 0 Å². The third kappa shape index (κ3) is 1.85. The molecule has 0 spiro atoms. The van der Waals surface area contributed by atoms with Crippen LogP contribution in [0.15, 0.2) is 41.0 Å². The number of aromatic nitrogens is 3. The van der Waals surface area contributed by atoms with Crippen LogP contribution in [0.25, 0.3) is 16.9 Å². The van der Waals surface area contributed by atoms with E-state index < -0.39 is 0 Å². The molecule has 2 heterocycles. The zero-order valence-electron chi connectivity index (χ0n) is 9.14. The zero-order chi connectivity index (χ0) is 12.7. The van der Waals surface area contributed by atoms with Crippen LogP contribution in [-0.2, 0) is 0 Å². The molecule has 0 bridgehead atoms. The van der Waals surface area contributed by atoms with Crippen LogP contribution in [0.5, 0.6) is 0 Å². The normalized spacial score (nSPS) is 11.0. The first-order valence-corrected chi connectivity index (χ1v) is 6.37. The van der Waals surface area contributed by atoms with E-state index in [2.05, 4.69) is 25.9 Å². The van der Waals surface area contributed by atoms with Gasteiger partial charge in [0.15, 0.2) is 5.65 Å². The second kappa shape index (κ2) is 4.26. The van der Waals surface area contributed by atoms with Gasteiger partial charge in [0.1, 0.15) is 5.52 Å². The van der Waals surface area contributed by atoms with Gasteiger partial charge in [0.25, 0.3) is 0 Å². The number of hydrogen-bond acceptors (Lipinski definition) is 3. The highest BCUT2D eigenvalue weighted by atomic mass is 79.9. The van der Waals surface area contributed by atoms with E-state index in [-0.39, 0.29) is 0 Å².